The van der Waals surface area contributed by atoms with Gasteiger partial charge in [0.1, 0.15) is 13.2 Å². The van der Waals surface area contributed by atoms with Gasteiger partial charge in [0.05, 0.1) is 0 Å². The molecule has 0 amide bonds. The molecule has 69 heavy (non-hydrogen) atoms. The fourth-order valence-electron chi connectivity index (χ4n) is 9.73. The Bertz CT molecular complexity index is 1060. The highest BCUT2D eigenvalue weighted by Crippen LogP contribution is 2.19. The lowest BCUT2D eigenvalue weighted by molar-refractivity contribution is -0.167. The topological polar surface area (TPSA) is 78.9 Å². The van der Waals surface area contributed by atoms with E-state index in [0.717, 1.165) is 69.6 Å². The maximum Gasteiger partial charge on any atom is 0.306 e. The predicted molar refractivity (Wildman–Crippen MR) is 298 cm³/mol. The van der Waals surface area contributed by atoms with Crippen molar-refractivity contribution >= 4 is 17.9 Å². The van der Waals surface area contributed by atoms with Crippen molar-refractivity contribution in [2.24, 2.45) is 11.8 Å². The zero-order chi connectivity index (χ0) is 50.4. The second kappa shape index (κ2) is 55.7. The van der Waals surface area contributed by atoms with Gasteiger partial charge in [0.25, 0.3) is 0 Å². The largest absolute Gasteiger partial charge is 0.462 e. The van der Waals surface area contributed by atoms with Crippen LogP contribution in [-0.2, 0) is 28.6 Å². The van der Waals surface area contributed by atoms with E-state index in [4.69, 9.17) is 14.2 Å². The van der Waals surface area contributed by atoms with Crippen molar-refractivity contribution < 1.29 is 28.6 Å². The number of ether oxygens (including phenoxy) is 3. The minimum atomic E-state index is -0.764. The highest BCUT2D eigenvalue weighted by Gasteiger charge is 2.19. The normalized spacial score (nSPS) is 12.4. The number of unbranched alkanes of at least 4 members (excludes halogenated alkanes) is 41. The molecule has 0 aromatic heterocycles. The summed E-state index contributed by atoms with van der Waals surface area (Å²) < 4.78 is 16.9. The number of esters is 3. The van der Waals surface area contributed by atoms with E-state index in [1.807, 2.05) is 0 Å². The molecule has 0 bridgehead atoms. The lowest BCUT2D eigenvalue weighted by Crippen LogP contribution is -2.30. The first-order chi connectivity index (χ1) is 33.8. The SMILES string of the molecule is CCCCCCCCCCCCCCCCCCCCC(=O)OC[C@@H](COC(=O)CCCCCCCCCCCCC(C)CC)OC(=O)CCCCCCCCCCCCCCCCCCC(C)C. The summed E-state index contributed by atoms with van der Waals surface area (Å²) in [6.07, 6.45) is 60.9. The molecule has 0 aliphatic carbocycles. The van der Waals surface area contributed by atoms with E-state index in [-0.39, 0.29) is 31.1 Å². The molecule has 0 aromatic rings. The van der Waals surface area contributed by atoms with E-state index in [1.165, 1.54) is 244 Å². The second-order valence-corrected chi connectivity index (χ2v) is 22.4. The van der Waals surface area contributed by atoms with Gasteiger partial charge in [0.2, 0.25) is 0 Å². The summed E-state index contributed by atoms with van der Waals surface area (Å²) in [6, 6.07) is 0. The van der Waals surface area contributed by atoms with Crippen molar-refractivity contribution in [3.05, 3.63) is 0 Å². The Morgan fingerprint density at radius 1 is 0.304 bits per heavy atom. The molecule has 6 nitrogen and oxygen atoms in total. The first kappa shape index (κ1) is 67.4. The molecular formula is C63H122O6. The van der Waals surface area contributed by atoms with Crippen molar-refractivity contribution in [2.75, 3.05) is 13.2 Å². The van der Waals surface area contributed by atoms with Gasteiger partial charge >= 0.3 is 17.9 Å². The highest BCUT2D eigenvalue weighted by atomic mass is 16.6. The van der Waals surface area contributed by atoms with Crippen LogP contribution in [-0.4, -0.2) is 37.2 Å². The molecule has 0 spiro atoms. The Labute approximate surface area is 431 Å². The molecule has 2 atom stereocenters. The average molecular weight is 976 g/mol. The van der Waals surface area contributed by atoms with E-state index in [2.05, 4.69) is 34.6 Å². The quantitative estimate of drug-likeness (QED) is 0.0343. The monoisotopic (exact) mass is 975 g/mol. The molecule has 0 saturated heterocycles. The van der Waals surface area contributed by atoms with Crippen LogP contribution in [0.4, 0.5) is 0 Å². The first-order valence-electron chi connectivity index (χ1n) is 31.3. The second-order valence-electron chi connectivity index (χ2n) is 22.4. The van der Waals surface area contributed by atoms with Gasteiger partial charge in [0, 0.05) is 19.3 Å². The Balaban J connectivity index is 4.29. The fraction of sp³-hybridized carbons (Fsp3) is 0.952. The van der Waals surface area contributed by atoms with Gasteiger partial charge in [-0.25, -0.2) is 0 Å². The molecule has 0 aliphatic heterocycles. The van der Waals surface area contributed by atoms with Gasteiger partial charge in [0.15, 0.2) is 6.10 Å². The highest BCUT2D eigenvalue weighted by molar-refractivity contribution is 5.71. The zero-order valence-electron chi connectivity index (χ0n) is 47.5. The van der Waals surface area contributed by atoms with Crippen LogP contribution in [0, 0.1) is 11.8 Å². The van der Waals surface area contributed by atoms with Crippen LogP contribution in [0.1, 0.15) is 356 Å². The van der Waals surface area contributed by atoms with E-state index >= 15 is 0 Å². The first-order valence-corrected chi connectivity index (χ1v) is 31.3. The smallest absolute Gasteiger partial charge is 0.306 e. The van der Waals surface area contributed by atoms with E-state index in [0.29, 0.717) is 19.3 Å². The number of hydrogen-bond donors (Lipinski definition) is 0. The van der Waals surface area contributed by atoms with Crippen molar-refractivity contribution in [3.8, 4) is 0 Å². The molecule has 0 fully saturated rings. The third-order valence-electron chi connectivity index (χ3n) is 14.8. The maximum absolute atomic E-state index is 12.9. The molecule has 0 aromatic carbocycles. The number of hydrogen-bond acceptors (Lipinski definition) is 6. The van der Waals surface area contributed by atoms with Crippen LogP contribution in [0.5, 0.6) is 0 Å². The molecule has 1 unspecified atom stereocenters. The molecular weight excluding hydrogens is 853 g/mol. The van der Waals surface area contributed by atoms with Crippen molar-refractivity contribution in [1.82, 2.24) is 0 Å². The third-order valence-corrected chi connectivity index (χ3v) is 14.8. The van der Waals surface area contributed by atoms with E-state index in [1.54, 1.807) is 0 Å². The average Bonchev–Trinajstić information content (AvgIpc) is 3.34. The summed E-state index contributed by atoms with van der Waals surface area (Å²) >= 11 is 0. The molecule has 0 heterocycles. The number of rotatable bonds is 57. The summed E-state index contributed by atoms with van der Waals surface area (Å²) in [5.74, 6) is 0.887. The number of carbonyl (C=O) groups excluding carboxylic acids is 3. The molecule has 0 saturated carbocycles. The molecule has 410 valence electrons. The van der Waals surface area contributed by atoms with Crippen LogP contribution in [0.15, 0.2) is 0 Å². The Hall–Kier alpha value is -1.59. The fourth-order valence-corrected chi connectivity index (χ4v) is 9.73. The molecule has 0 aliphatic rings. The van der Waals surface area contributed by atoms with Gasteiger partial charge in [-0.05, 0) is 31.1 Å². The van der Waals surface area contributed by atoms with Gasteiger partial charge in [-0.15, -0.1) is 0 Å². The van der Waals surface area contributed by atoms with Gasteiger partial charge in [-0.2, -0.15) is 0 Å². The van der Waals surface area contributed by atoms with E-state index in [9.17, 15) is 14.4 Å². The summed E-state index contributed by atoms with van der Waals surface area (Å²) in [5, 5.41) is 0. The molecule has 0 N–H and O–H groups in total. The predicted octanol–water partition coefficient (Wildman–Crippen LogP) is 20.8. The zero-order valence-corrected chi connectivity index (χ0v) is 47.5. The summed E-state index contributed by atoms with van der Waals surface area (Å²) in [6.45, 7) is 11.5. The van der Waals surface area contributed by atoms with Crippen LogP contribution < -0.4 is 0 Å². The van der Waals surface area contributed by atoms with E-state index < -0.39 is 6.10 Å². The summed E-state index contributed by atoms with van der Waals surface area (Å²) in [4.78, 5) is 38.3. The minimum absolute atomic E-state index is 0.0622. The third kappa shape index (κ3) is 55.6. The summed E-state index contributed by atoms with van der Waals surface area (Å²) in [5.41, 5.74) is 0. The van der Waals surface area contributed by atoms with Crippen molar-refractivity contribution in [1.29, 1.82) is 0 Å². The van der Waals surface area contributed by atoms with Crippen molar-refractivity contribution in [2.45, 2.75) is 362 Å². The lowest BCUT2D eigenvalue weighted by atomic mass is 9.99. The van der Waals surface area contributed by atoms with Crippen LogP contribution in [0.3, 0.4) is 0 Å². The van der Waals surface area contributed by atoms with Gasteiger partial charge < -0.3 is 14.2 Å². The maximum atomic E-state index is 12.9. The van der Waals surface area contributed by atoms with Crippen LogP contribution in [0.25, 0.3) is 0 Å². The Morgan fingerprint density at radius 3 is 0.826 bits per heavy atom. The molecule has 0 radical (unpaired) electrons. The number of carbonyl (C=O) groups is 3. The van der Waals surface area contributed by atoms with Gasteiger partial charge in [-0.3, -0.25) is 14.4 Å². The van der Waals surface area contributed by atoms with Crippen molar-refractivity contribution in [3.63, 3.8) is 0 Å². The van der Waals surface area contributed by atoms with Gasteiger partial charge in [-0.1, -0.05) is 317 Å². The standard InChI is InChI=1S/C63H122O6/c1-6-8-9-10-11-12-13-14-15-16-17-21-24-27-33-38-43-48-53-61(64)67-56-60(57-68-62(65)54-49-44-39-34-30-29-32-37-42-47-52-59(5)7-2)69-63(66)55-50-45-40-35-28-25-22-19-18-20-23-26-31-36-41-46-51-58(3)4/h58-60H,6-57H2,1-5H3/t59?,60-/m0/s1. The summed E-state index contributed by atoms with van der Waals surface area (Å²) in [7, 11) is 0. The van der Waals surface area contributed by atoms with Crippen LogP contribution in [0.2, 0.25) is 0 Å². The van der Waals surface area contributed by atoms with Crippen LogP contribution >= 0.6 is 0 Å². The molecule has 0 rings (SSSR count). The minimum Gasteiger partial charge on any atom is -0.462 e. The molecule has 6 heteroatoms. The Kier molecular flexibility index (Phi) is 54.4. The lowest BCUT2D eigenvalue weighted by Gasteiger charge is -2.18. The Morgan fingerprint density at radius 2 is 0.551 bits per heavy atom.